The number of hydrogen-bond donors (Lipinski definition) is 1. The number of rotatable bonds is 4. The van der Waals surface area contributed by atoms with Crippen molar-refractivity contribution in [3.05, 3.63) is 29.8 Å². The Balaban J connectivity index is 2.01. The highest BCUT2D eigenvalue weighted by Gasteiger charge is 2.11. The van der Waals surface area contributed by atoms with E-state index in [4.69, 9.17) is 0 Å². The first kappa shape index (κ1) is 12.4. The highest BCUT2D eigenvalue weighted by atomic mass is 15.1. The van der Waals surface area contributed by atoms with Gasteiger partial charge < -0.3 is 10.2 Å². The second-order valence-electron chi connectivity index (χ2n) is 5.10. The molecule has 17 heavy (non-hydrogen) atoms. The summed E-state index contributed by atoms with van der Waals surface area (Å²) in [6, 6.07) is 9.14. The predicted molar refractivity (Wildman–Crippen MR) is 74.8 cm³/mol. The maximum absolute atomic E-state index is 3.23. The van der Waals surface area contributed by atoms with Crippen LogP contribution in [0.3, 0.4) is 0 Å². The Hall–Kier alpha value is -1.02. The van der Waals surface area contributed by atoms with Gasteiger partial charge in [-0.3, -0.25) is 0 Å². The number of anilines is 1. The van der Waals surface area contributed by atoms with Crippen LogP contribution in [-0.4, -0.2) is 26.7 Å². The summed E-state index contributed by atoms with van der Waals surface area (Å²) in [6.07, 6.45) is 4.09. The normalized spacial score (nSPS) is 18.1. The highest BCUT2D eigenvalue weighted by Crippen LogP contribution is 2.22. The molecule has 1 aromatic carbocycles. The van der Waals surface area contributed by atoms with E-state index >= 15 is 0 Å². The van der Waals surface area contributed by atoms with Crippen molar-refractivity contribution in [1.82, 2.24) is 5.32 Å². The maximum atomic E-state index is 3.23. The molecule has 2 nitrogen and oxygen atoms in total. The van der Waals surface area contributed by atoms with E-state index in [0.29, 0.717) is 5.92 Å². The number of nitrogens with one attached hydrogen (secondary N) is 1. The predicted octanol–water partition coefficient (Wildman–Crippen LogP) is 3.00. The van der Waals surface area contributed by atoms with Crippen LogP contribution in [0, 0.1) is 0 Å². The molecule has 0 aliphatic carbocycles. The van der Waals surface area contributed by atoms with Crippen LogP contribution >= 0.6 is 0 Å². The lowest BCUT2D eigenvalue weighted by molar-refractivity contribution is 0.577. The lowest BCUT2D eigenvalue weighted by atomic mass is 10.0. The molecule has 0 aromatic heterocycles. The van der Waals surface area contributed by atoms with Gasteiger partial charge in [-0.15, -0.1) is 0 Å². The molecular weight excluding hydrogens is 208 g/mol. The van der Waals surface area contributed by atoms with Gasteiger partial charge in [0.05, 0.1) is 0 Å². The van der Waals surface area contributed by atoms with E-state index in [1.54, 1.807) is 0 Å². The molecule has 0 saturated carbocycles. The van der Waals surface area contributed by atoms with Crippen molar-refractivity contribution in [2.45, 2.75) is 32.1 Å². The number of piperidine rings is 1. The van der Waals surface area contributed by atoms with Crippen LogP contribution in [0.25, 0.3) is 0 Å². The van der Waals surface area contributed by atoms with Crippen molar-refractivity contribution >= 4 is 5.69 Å². The van der Waals surface area contributed by atoms with Crippen LogP contribution in [-0.2, 0) is 0 Å². The molecule has 1 saturated heterocycles. The second-order valence-corrected chi connectivity index (χ2v) is 5.10. The summed E-state index contributed by atoms with van der Waals surface area (Å²) in [4.78, 5) is 2.51. The topological polar surface area (TPSA) is 15.3 Å². The maximum Gasteiger partial charge on any atom is 0.0366 e. The quantitative estimate of drug-likeness (QED) is 0.858. The summed E-state index contributed by atoms with van der Waals surface area (Å²) < 4.78 is 0. The van der Waals surface area contributed by atoms with Crippen LogP contribution in [0.5, 0.6) is 0 Å². The van der Waals surface area contributed by atoms with Gasteiger partial charge in [0.2, 0.25) is 0 Å². The lowest BCUT2D eigenvalue weighted by Crippen LogP contribution is -2.29. The Labute approximate surface area is 105 Å². The van der Waals surface area contributed by atoms with Gasteiger partial charge in [-0.2, -0.15) is 0 Å². The van der Waals surface area contributed by atoms with E-state index in [0.717, 1.165) is 6.54 Å². The van der Waals surface area contributed by atoms with E-state index in [9.17, 15) is 0 Å². The molecule has 94 valence electrons. The zero-order valence-corrected chi connectivity index (χ0v) is 11.1. The number of nitrogens with zero attached hydrogens (tertiary/aromatic N) is 1. The summed E-state index contributed by atoms with van der Waals surface area (Å²) in [5.74, 6) is 0.593. The first-order valence-corrected chi connectivity index (χ1v) is 6.81. The molecule has 1 aliphatic heterocycles. The Kier molecular flexibility index (Phi) is 4.43. The fourth-order valence-electron chi connectivity index (χ4n) is 2.59. The van der Waals surface area contributed by atoms with Gasteiger partial charge in [-0.05, 0) is 49.9 Å². The summed E-state index contributed by atoms with van der Waals surface area (Å²) in [5.41, 5.74) is 2.82. The van der Waals surface area contributed by atoms with Crippen LogP contribution in [0.4, 0.5) is 5.69 Å². The van der Waals surface area contributed by atoms with E-state index in [2.05, 4.69) is 41.4 Å². The third kappa shape index (κ3) is 3.22. The molecule has 1 aromatic rings. The molecule has 2 heteroatoms. The fourth-order valence-corrected chi connectivity index (χ4v) is 2.59. The van der Waals surface area contributed by atoms with Crippen molar-refractivity contribution in [1.29, 1.82) is 0 Å². The first-order chi connectivity index (χ1) is 8.31. The average molecular weight is 232 g/mol. The fraction of sp³-hybridized carbons (Fsp3) is 0.600. The lowest BCUT2D eigenvalue weighted by Gasteiger charge is -2.29. The molecule has 1 N–H and O–H groups in total. The molecule has 0 amide bonds. The molecule has 1 atom stereocenters. The largest absolute Gasteiger partial charge is 0.372 e. The van der Waals surface area contributed by atoms with E-state index < -0.39 is 0 Å². The number of hydrogen-bond acceptors (Lipinski definition) is 2. The van der Waals surface area contributed by atoms with Gasteiger partial charge in [0.15, 0.2) is 0 Å². The highest BCUT2D eigenvalue weighted by molar-refractivity contribution is 5.48. The van der Waals surface area contributed by atoms with Crippen LogP contribution < -0.4 is 10.2 Å². The summed E-state index contributed by atoms with van der Waals surface area (Å²) in [5, 5.41) is 3.23. The molecule has 1 unspecified atom stereocenters. The molecule has 1 heterocycles. The average Bonchev–Trinajstić information content (AvgIpc) is 2.40. The molecular formula is C15H24N2. The van der Waals surface area contributed by atoms with Crippen LogP contribution in [0.2, 0.25) is 0 Å². The van der Waals surface area contributed by atoms with Crippen molar-refractivity contribution < 1.29 is 0 Å². The van der Waals surface area contributed by atoms with Crippen LogP contribution in [0.1, 0.15) is 37.7 Å². The number of benzene rings is 1. The zero-order valence-electron chi connectivity index (χ0n) is 11.1. The molecule has 0 spiro atoms. The van der Waals surface area contributed by atoms with Gasteiger partial charge >= 0.3 is 0 Å². The Morgan fingerprint density at radius 2 is 1.76 bits per heavy atom. The SMILES string of the molecule is CNCC(C)c1ccc(N2CCCCC2)cc1. The molecule has 0 radical (unpaired) electrons. The van der Waals surface area contributed by atoms with Gasteiger partial charge in [0.25, 0.3) is 0 Å². The van der Waals surface area contributed by atoms with Crippen LogP contribution in [0.15, 0.2) is 24.3 Å². The van der Waals surface area contributed by atoms with Crippen molar-refractivity contribution in [3.8, 4) is 0 Å². The minimum Gasteiger partial charge on any atom is -0.372 e. The Bertz CT molecular complexity index is 325. The summed E-state index contributed by atoms with van der Waals surface area (Å²) in [7, 11) is 2.01. The Morgan fingerprint density at radius 1 is 1.12 bits per heavy atom. The van der Waals surface area contributed by atoms with Gasteiger partial charge in [-0.1, -0.05) is 19.1 Å². The van der Waals surface area contributed by atoms with Crippen molar-refractivity contribution in [2.24, 2.45) is 0 Å². The van der Waals surface area contributed by atoms with Crippen molar-refractivity contribution in [2.75, 3.05) is 31.6 Å². The zero-order chi connectivity index (χ0) is 12.1. The molecule has 0 bridgehead atoms. The Morgan fingerprint density at radius 3 is 2.35 bits per heavy atom. The second kappa shape index (κ2) is 6.06. The van der Waals surface area contributed by atoms with Crippen molar-refractivity contribution in [3.63, 3.8) is 0 Å². The minimum absolute atomic E-state index is 0.593. The molecule has 2 rings (SSSR count). The standard InChI is InChI=1S/C15H24N2/c1-13(12-16-2)14-6-8-15(9-7-14)17-10-4-3-5-11-17/h6-9,13,16H,3-5,10-12H2,1-2H3. The molecule has 1 aliphatic rings. The summed E-state index contributed by atoms with van der Waals surface area (Å²) >= 11 is 0. The third-order valence-electron chi connectivity index (χ3n) is 3.69. The van der Waals surface area contributed by atoms with E-state index in [1.165, 1.54) is 43.6 Å². The number of likely N-dealkylation sites (N-methyl/N-ethyl adjacent to an activating group) is 1. The minimum atomic E-state index is 0.593. The van der Waals surface area contributed by atoms with Gasteiger partial charge in [0.1, 0.15) is 0 Å². The summed E-state index contributed by atoms with van der Waals surface area (Å²) in [6.45, 7) is 5.77. The van der Waals surface area contributed by atoms with Gasteiger partial charge in [-0.25, -0.2) is 0 Å². The molecule has 1 fully saturated rings. The first-order valence-electron chi connectivity index (χ1n) is 6.81. The van der Waals surface area contributed by atoms with Gasteiger partial charge in [0, 0.05) is 25.3 Å². The van der Waals surface area contributed by atoms with E-state index in [-0.39, 0.29) is 0 Å². The smallest absolute Gasteiger partial charge is 0.0366 e. The monoisotopic (exact) mass is 232 g/mol. The van der Waals surface area contributed by atoms with E-state index in [1.807, 2.05) is 7.05 Å². The third-order valence-corrected chi connectivity index (χ3v) is 3.69.